The fourth-order valence-corrected chi connectivity index (χ4v) is 4.95. The van der Waals surface area contributed by atoms with Crippen LogP contribution in [0.15, 0.2) is 17.4 Å². The van der Waals surface area contributed by atoms with Crippen LogP contribution in [0.1, 0.15) is 50.9 Å². The summed E-state index contributed by atoms with van der Waals surface area (Å²) in [6.07, 6.45) is 10.8. The fourth-order valence-electron chi connectivity index (χ4n) is 4.81. The molecular weight excluding hydrogens is 402 g/mol. The number of hydrogen-bond acceptors (Lipinski definition) is 5. The Morgan fingerprint density at radius 2 is 2.10 bits per heavy atom. The smallest absolute Gasteiger partial charge is 0.226 e. The molecule has 0 saturated carbocycles. The molecule has 2 aromatic heterocycles. The SMILES string of the molecule is C[C@@H](c1nc2c([nH]1)=CCC(N1CCC[C@@H](C(=O)N3CCCC3)C1)N=2)n1cc(Cl)cn1. The third-order valence-corrected chi connectivity index (χ3v) is 6.73. The number of carbonyl (C=O) groups excluding carboxylic acids is 1. The van der Waals surface area contributed by atoms with Crippen LogP contribution in [0.3, 0.4) is 0 Å². The third kappa shape index (κ3) is 3.78. The van der Waals surface area contributed by atoms with Gasteiger partial charge in [-0.3, -0.25) is 14.4 Å². The Morgan fingerprint density at radius 1 is 1.27 bits per heavy atom. The minimum Gasteiger partial charge on any atom is -0.342 e. The summed E-state index contributed by atoms with van der Waals surface area (Å²) in [6.45, 7) is 5.67. The monoisotopic (exact) mass is 429 g/mol. The highest BCUT2D eigenvalue weighted by Crippen LogP contribution is 2.24. The Labute approximate surface area is 180 Å². The number of aromatic amines is 1. The summed E-state index contributed by atoms with van der Waals surface area (Å²) >= 11 is 6.00. The van der Waals surface area contributed by atoms with Gasteiger partial charge < -0.3 is 9.88 Å². The van der Waals surface area contributed by atoms with Crippen molar-refractivity contribution in [1.29, 1.82) is 0 Å². The first-order valence-electron chi connectivity index (χ1n) is 10.9. The molecule has 1 amide bonds. The molecule has 1 N–H and O–H groups in total. The Bertz CT molecular complexity index is 1040. The molecule has 0 aliphatic carbocycles. The molecule has 5 heterocycles. The van der Waals surface area contributed by atoms with Gasteiger partial charge in [0.2, 0.25) is 5.91 Å². The number of carbonyl (C=O) groups is 1. The van der Waals surface area contributed by atoms with Gasteiger partial charge in [0, 0.05) is 38.8 Å². The number of amides is 1. The molecule has 0 bridgehead atoms. The quantitative estimate of drug-likeness (QED) is 0.794. The van der Waals surface area contributed by atoms with Crippen LogP contribution >= 0.6 is 11.6 Å². The van der Waals surface area contributed by atoms with Crippen LogP contribution in [0.4, 0.5) is 0 Å². The number of halogens is 1. The van der Waals surface area contributed by atoms with Crippen LogP contribution in [0, 0.1) is 5.92 Å². The van der Waals surface area contributed by atoms with E-state index in [-0.39, 0.29) is 18.1 Å². The summed E-state index contributed by atoms with van der Waals surface area (Å²) in [7, 11) is 0. The van der Waals surface area contributed by atoms with E-state index in [2.05, 4.69) is 26.0 Å². The maximum atomic E-state index is 12.9. The maximum Gasteiger partial charge on any atom is 0.226 e. The van der Waals surface area contributed by atoms with Crippen molar-refractivity contribution in [3.63, 3.8) is 0 Å². The Morgan fingerprint density at radius 3 is 2.87 bits per heavy atom. The number of piperidine rings is 1. The molecule has 5 rings (SSSR count). The van der Waals surface area contributed by atoms with Crippen molar-refractivity contribution < 1.29 is 4.79 Å². The van der Waals surface area contributed by atoms with Crippen LogP contribution in [-0.2, 0) is 4.79 Å². The second-order valence-corrected chi connectivity index (χ2v) is 9.03. The Hall–Kier alpha value is -2.19. The van der Waals surface area contributed by atoms with Crippen LogP contribution in [-0.4, -0.2) is 67.8 Å². The highest BCUT2D eigenvalue weighted by Gasteiger charge is 2.33. The second kappa shape index (κ2) is 8.15. The highest BCUT2D eigenvalue weighted by molar-refractivity contribution is 6.30. The van der Waals surface area contributed by atoms with Gasteiger partial charge in [0.25, 0.3) is 0 Å². The van der Waals surface area contributed by atoms with Crippen LogP contribution in [0.2, 0.25) is 5.02 Å². The van der Waals surface area contributed by atoms with E-state index in [9.17, 15) is 4.79 Å². The minimum atomic E-state index is -0.0531. The predicted molar refractivity (Wildman–Crippen MR) is 113 cm³/mol. The van der Waals surface area contributed by atoms with E-state index in [0.717, 1.165) is 74.9 Å². The second-order valence-electron chi connectivity index (χ2n) is 8.59. The van der Waals surface area contributed by atoms with E-state index in [1.807, 2.05) is 6.92 Å². The molecule has 1 unspecified atom stereocenters. The summed E-state index contributed by atoms with van der Waals surface area (Å²) in [4.78, 5) is 30.3. The van der Waals surface area contributed by atoms with Gasteiger partial charge in [-0.15, -0.1) is 0 Å². The lowest BCUT2D eigenvalue weighted by atomic mass is 9.95. The zero-order valence-corrected chi connectivity index (χ0v) is 18.1. The number of nitrogens with zero attached hydrogens (tertiary/aromatic N) is 6. The molecule has 3 atom stereocenters. The Kier molecular flexibility index (Phi) is 5.37. The average molecular weight is 430 g/mol. The van der Waals surface area contributed by atoms with Gasteiger partial charge in [-0.2, -0.15) is 5.10 Å². The zero-order chi connectivity index (χ0) is 20.7. The first-order valence-corrected chi connectivity index (χ1v) is 11.3. The van der Waals surface area contributed by atoms with Crippen molar-refractivity contribution in [3.05, 3.63) is 34.1 Å². The molecule has 3 aliphatic rings. The standard InChI is InChI=1S/C21H28ClN7O/c1-14(29-13-16(22)11-23-29)19-24-17-6-7-18(25-20(17)26-19)28-10-4-5-15(12-28)21(30)27-8-2-3-9-27/h6,11,13-15,18H,2-5,7-10,12H2,1H3,(H,24,25,26)/t14-,15+,18?/m0/s1. The number of rotatable bonds is 4. The van der Waals surface area contributed by atoms with Crippen molar-refractivity contribution >= 4 is 23.6 Å². The first-order chi connectivity index (χ1) is 14.6. The van der Waals surface area contributed by atoms with Crippen molar-refractivity contribution in [2.75, 3.05) is 26.2 Å². The van der Waals surface area contributed by atoms with Gasteiger partial charge in [-0.1, -0.05) is 17.7 Å². The molecule has 2 aromatic rings. The highest BCUT2D eigenvalue weighted by atomic mass is 35.5. The molecule has 0 aromatic carbocycles. The van der Waals surface area contributed by atoms with Gasteiger partial charge in [0.1, 0.15) is 18.0 Å². The lowest BCUT2D eigenvalue weighted by Crippen LogP contribution is -2.49. The largest absolute Gasteiger partial charge is 0.342 e. The normalized spacial score (nSPS) is 25.5. The third-order valence-electron chi connectivity index (χ3n) is 6.54. The topological polar surface area (TPSA) is 82.4 Å². The van der Waals surface area contributed by atoms with Crippen LogP contribution in [0.5, 0.6) is 0 Å². The van der Waals surface area contributed by atoms with E-state index < -0.39 is 0 Å². The summed E-state index contributed by atoms with van der Waals surface area (Å²) in [5.41, 5.74) is 0.749. The van der Waals surface area contributed by atoms with Crippen molar-refractivity contribution in [1.82, 2.24) is 29.5 Å². The van der Waals surface area contributed by atoms with E-state index in [0.29, 0.717) is 10.9 Å². The van der Waals surface area contributed by atoms with E-state index in [1.54, 1.807) is 17.1 Å². The number of imidazole rings is 1. The number of nitrogens with one attached hydrogen (secondary N) is 1. The molecule has 2 fully saturated rings. The van der Waals surface area contributed by atoms with Crippen molar-refractivity contribution in [2.24, 2.45) is 10.9 Å². The maximum absolute atomic E-state index is 12.9. The number of aromatic nitrogens is 4. The number of H-pyrrole nitrogens is 1. The van der Waals surface area contributed by atoms with Gasteiger partial charge in [0.05, 0.1) is 22.5 Å². The lowest BCUT2D eigenvalue weighted by molar-refractivity contribution is -0.136. The number of likely N-dealkylation sites (tertiary alicyclic amines) is 2. The molecule has 9 heteroatoms. The van der Waals surface area contributed by atoms with Crippen LogP contribution in [0.25, 0.3) is 6.08 Å². The summed E-state index contributed by atoms with van der Waals surface area (Å²) < 4.78 is 1.79. The minimum absolute atomic E-state index is 0.0530. The van der Waals surface area contributed by atoms with Gasteiger partial charge >= 0.3 is 0 Å². The first kappa shape index (κ1) is 19.8. The molecule has 8 nitrogen and oxygen atoms in total. The number of fused-ring (bicyclic) bond motifs is 1. The van der Waals surface area contributed by atoms with Gasteiger partial charge in [0.15, 0.2) is 5.49 Å². The summed E-state index contributed by atoms with van der Waals surface area (Å²) in [5, 5.41) is 5.86. The van der Waals surface area contributed by atoms with Crippen molar-refractivity contribution in [2.45, 2.75) is 51.2 Å². The van der Waals surface area contributed by atoms with Crippen LogP contribution < -0.4 is 10.8 Å². The molecular formula is C21H28ClN7O. The molecule has 30 heavy (non-hydrogen) atoms. The van der Waals surface area contributed by atoms with E-state index in [1.165, 1.54) is 0 Å². The van der Waals surface area contributed by atoms with E-state index in [4.69, 9.17) is 21.6 Å². The molecule has 2 saturated heterocycles. The number of hydrogen-bond donors (Lipinski definition) is 1. The zero-order valence-electron chi connectivity index (χ0n) is 17.3. The summed E-state index contributed by atoms with van der Waals surface area (Å²) in [6, 6.07) is -0.0531. The lowest BCUT2D eigenvalue weighted by Gasteiger charge is -2.37. The predicted octanol–water partition coefficient (Wildman–Crippen LogP) is 1.33. The van der Waals surface area contributed by atoms with Crippen molar-refractivity contribution in [3.8, 4) is 0 Å². The average Bonchev–Trinajstić information content (AvgIpc) is 3.52. The Balaban J connectivity index is 1.31. The fraction of sp³-hybridized carbons (Fsp3) is 0.619. The van der Waals surface area contributed by atoms with Gasteiger partial charge in [-0.05, 0) is 32.6 Å². The van der Waals surface area contributed by atoms with Gasteiger partial charge in [-0.25, -0.2) is 9.98 Å². The molecule has 0 spiro atoms. The molecule has 0 radical (unpaired) electrons. The summed E-state index contributed by atoms with van der Waals surface area (Å²) in [5.74, 6) is 1.26. The molecule has 3 aliphatic heterocycles. The van der Waals surface area contributed by atoms with E-state index >= 15 is 0 Å². The molecule has 160 valence electrons.